The summed E-state index contributed by atoms with van der Waals surface area (Å²) < 4.78 is 0. The average Bonchev–Trinajstić information content (AvgIpc) is 2.56. The molecule has 24 heavy (non-hydrogen) atoms. The molecule has 0 heterocycles. The number of amides is 3. The zero-order chi connectivity index (χ0) is 17.5. The lowest BCUT2D eigenvalue weighted by atomic mass is 10.0. The van der Waals surface area contributed by atoms with Crippen molar-refractivity contribution < 1.29 is 14.5 Å². The number of carbonyl (C=O) groups excluding carboxylic acids is 2. The summed E-state index contributed by atoms with van der Waals surface area (Å²) >= 11 is 1.69. The standard InChI is InChI=1S/C18H21N3O2S/c1-21(12-13-8-10-15(24-2)11-9-13)16(17(22)20-18(19)23)14-6-4-3-5-7-14/h3-11,16H,12H2,1-2H3,(H3,19,20,22,23)/p+1/t16-/m1/s1. The fourth-order valence-corrected chi connectivity index (χ4v) is 3.07. The van der Waals surface area contributed by atoms with Crippen molar-refractivity contribution in [1.29, 1.82) is 0 Å². The predicted octanol–water partition coefficient (Wildman–Crippen LogP) is 1.36. The molecule has 0 saturated heterocycles. The van der Waals surface area contributed by atoms with Crippen LogP contribution >= 0.6 is 11.8 Å². The number of carbonyl (C=O) groups is 2. The lowest BCUT2D eigenvalue weighted by Gasteiger charge is -2.24. The van der Waals surface area contributed by atoms with Crippen LogP contribution in [0.5, 0.6) is 0 Å². The Morgan fingerprint density at radius 3 is 2.29 bits per heavy atom. The van der Waals surface area contributed by atoms with E-state index >= 15 is 0 Å². The molecule has 126 valence electrons. The molecule has 0 saturated carbocycles. The minimum Gasteiger partial charge on any atom is -0.351 e. The van der Waals surface area contributed by atoms with Crippen LogP contribution in [0.1, 0.15) is 17.2 Å². The second kappa shape index (κ2) is 8.52. The van der Waals surface area contributed by atoms with Crippen LogP contribution < -0.4 is 16.0 Å². The molecule has 4 N–H and O–H groups in total. The van der Waals surface area contributed by atoms with Gasteiger partial charge >= 0.3 is 6.03 Å². The number of quaternary nitrogens is 1. The molecule has 0 radical (unpaired) electrons. The molecule has 2 aromatic rings. The second-order valence-corrected chi connectivity index (χ2v) is 6.45. The maximum Gasteiger partial charge on any atom is 0.319 e. The molecule has 0 aromatic heterocycles. The van der Waals surface area contributed by atoms with E-state index in [4.69, 9.17) is 5.73 Å². The minimum atomic E-state index is -0.835. The van der Waals surface area contributed by atoms with Crippen LogP contribution in [-0.2, 0) is 11.3 Å². The van der Waals surface area contributed by atoms with E-state index in [1.165, 1.54) is 4.90 Å². The third kappa shape index (κ3) is 4.84. The molecule has 3 amide bonds. The van der Waals surface area contributed by atoms with Crippen molar-refractivity contribution in [3.8, 4) is 0 Å². The Morgan fingerprint density at radius 1 is 1.12 bits per heavy atom. The molecule has 0 bridgehead atoms. The Kier molecular flexibility index (Phi) is 6.40. The van der Waals surface area contributed by atoms with Gasteiger partial charge in [-0.05, 0) is 18.4 Å². The molecule has 0 aliphatic rings. The van der Waals surface area contributed by atoms with E-state index < -0.39 is 18.0 Å². The Balaban J connectivity index is 2.21. The van der Waals surface area contributed by atoms with Crippen molar-refractivity contribution in [3.63, 3.8) is 0 Å². The first-order valence-corrected chi connectivity index (χ1v) is 8.84. The Bertz CT molecular complexity index is 689. The largest absolute Gasteiger partial charge is 0.351 e. The topological polar surface area (TPSA) is 76.6 Å². The number of hydrogen-bond acceptors (Lipinski definition) is 3. The highest BCUT2D eigenvalue weighted by Gasteiger charge is 2.29. The summed E-state index contributed by atoms with van der Waals surface area (Å²) in [7, 11) is 1.93. The number of hydrogen-bond donors (Lipinski definition) is 3. The molecule has 2 aromatic carbocycles. The molecule has 0 spiro atoms. The quantitative estimate of drug-likeness (QED) is 0.693. The van der Waals surface area contributed by atoms with Crippen molar-refractivity contribution in [3.05, 3.63) is 65.7 Å². The van der Waals surface area contributed by atoms with Crippen molar-refractivity contribution in [2.24, 2.45) is 5.73 Å². The number of nitrogens with one attached hydrogen (secondary N) is 2. The first-order chi connectivity index (χ1) is 11.5. The summed E-state index contributed by atoms with van der Waals surface area (Å²) in [5, 5.41) is 2.20. The van der Waals surface area contributed by atoms with Gasteiger partial charge in [0.25, 0.3) is 5.91 Å². The van der Waals surface area contributed by atoms with Gasteiger partial charge in [0.1, 0.15) is 6.54 Å². The van der Waals surface area contributed by atoms with E-state index in [2.05, 4.69) is 29.6 Å². The molecule has 0 fully saturated rings. The number of thioether (sulfide) groups is 1. The summed E-state index contributed by atoms with van der Waals surface area (Å²) in [4.78, 5) is 25.7. The first-order valence-electron chi connectivity index (χ1n) is 7.61. The predicted molar refractivity (Wildman–Crippen MR) is 95.7 cm³/mol. The molecule has 0 aliphatic heterocycles. The number of primary amides is 1. The summed E-state index contributed by atoms with van der Waals surface area (Å²) in [6, 6.07) is 16.3. The van der Waals surface area contributed by atoms with Crippen LogP contribution in [0.2, 0.25) is 0 Å². The van der Waals surface area contributed by atoms with Crippen LogP contribution in [0.4, 0.5) is 4.79 Å². The van der Waals surface area contributed by atoms with Crippen molar-refractivity contribution in [2.75, 3.05) is 13.3 Å². The molecule has 5 nitrogen and oxygen atoms in total. The summed E-state index contributed by atoms with van der Waals surface area (Å²) in [5.74, 6) is -0.396. The lowest BCUT2D eigenvalue weighted by molar-refractivity contribution is -0.916. The number of nitrogens with two attached hydrogens (primary N) is 1. The number of likely N-dealkylation sites (N-methyl/N-ethyl adjacent to an activating group) is 1. The van der Waals surface area contributed by atoms with Crippen LogP contribution in [0.3, 0.4) is 0 Å². The SMILES string of the molecule is CSc1ccc(C[NH+](C)[C@@H](C(=O)NC(N)=O)c2ccccc2)cc1. The minimum absolute atomic E-state index is 0.396. The van der Waals surface area contributed by atoms with Gasteiger partial charge in [0.15, 0.2) is 6.04 Å². The number of benzene rings is 2. The highest BCUT2D eigenvalue weighted by Crippen LogP contribution is 2.15. The molecule has 1 unspecified atom stereocenters. The highest BCUT2D eigenvalue weighted by molar-refractivity contribution is 7.98. The molecular formula is C18H22N3O2S+. The Hall–Kier alpha value is -2.31. The fourth-order valence-electron chi connectivity index (χ4n) is 2.67. The molecule has 2 atom stereocenters. The third-order valence-electron chi connectivity index (χ3n) is 3.78. The molecule has 2 rings (SSSR count). The average molecular weight is 344 g/mol. The monoisotopic (exact) mass is 344 g/mol. The van der Waals surface area contributed by atoms with Crippen molar-refractivity contribution in [1.82, 2.24) is 5.32 Å². The normalized spacial score (nSPS) is 13.1. The number of rotatable bonds is 6. The van der Waals surface area contributed by atoms with E-state index in [1.54, 1.807) is 11.8 Å². The van der Waals surface area contributed by atoms with Crippen molar-refractivity contribution in [2.45, 2.75) is 17.5 Å². The first kappa shape index (κ1) is 18.0. The smallest absolute Gasteiger partial charge is 0.319 e. The van der Waals surface area contributed by atoms with Crippen LogP contribution in [0.25, 0.3) is 0 Å². The van der Waals surface area contributed by atoms with Gasteiger partial charge in [-0.3, -0.25) is 10.1 Å². The second-order valence-electron chi connectivity index (χ2n) is 5.57. The van der Waals surface area contributed by atoms with E-state index in [1.807, 2.05) is 43.6 Å². The van der Waals surface area contributed by atoms with Gasteiger partial charge in [0.05, 0.1) is 7.05 Å². The summed E-state index contributed by atoms with van der Waals surface area (Å²) in [5.41, 5.74) is 7.08. The Labute approximate surface area is 146 Å². The third-order valence-corrected chi connectivity index (χ3v) is 4.52. The zero-order valence-electron chi connectivity index (χ0n) is 13.8. The maximum absolute atomic E-state index is 12.5. The van der Waals surface area contributed by atoms with E-state index in [0.717, 1.165) is 16.0 Å². The number of imide groups is 1. The van der Waals surface area contributed by atoms with Crippen LogP contribution in [0, 0.1) is 0 Å². The maximum atomic E-state index is 12.5. The zero-order valence-corrected chi connectivity index (χ0v) is 14.6. The fraction of sp³-hybridized carbons (Fsp3) is 0.222. The lowest BCUT2D eigenvalue weighted by Crippen LogP contribution is -3.09. The van der Waals surface area contributed by atoms with E-state index in [0.29, 0.717) is 6.54 Å². The van der Waals surface area contributed by atoms with Gasteiger partial charge in [0.2, 0.25) is 0 Å². The van der Waals surface area contributed by atoms with Crippen LogP contribution in [-0.4, -0.2) is 25.2 Å². The number of urea groups is 1. The van der Waals surface area contributed by atoms with Gasteiger partial charge in [0, 0.05) is 16.0 Å². The molecule has 0 aliphatic carbocycles. The Morgan fingerprint density at radius 2 is 1.75 bits per heavy atom. The van der Waals surface area contributed by atoms with Crippen LogP contribution in [0.15, 0.2) is 59.5 Å². The summed E-state index contributed by atoms with van der Waals surface area (Å²) in [6.07, 6.45) is 2.03. The van der Waals surface area contributed by atoms with Gasteiger partial charge in [-0.25, -0.2) is 4.79 Å². The van der Waals surface area contributed by atoms with Gasteiger partial charge in [-0.15, -0.1) is 11.8 Å². The van der Waals surface area contributed by atoms with E-state index in [9.17, 15) is 9.59 Å². The van der Waals surface area contributed by atoms with Gasteiger partial charge < -0.3 is 10.6 Å². The molecule has 6 heteroatoms. The molecular weight excluding hydrogens is 322 g/mol. The van der Waals surface area contributed by atoms with Gasteiger partial charge in [-0.2, -0.15) is 0 Å². The van der Waals surface area contributed by atoms with Gasteiger partial charge in [-0.1, -0.05) is 42.5 Å². The summed E-state index contributed by atoms with van der Waals surface area (Å²) in [6.45, 7) is 0.653. The highest BCUT2D eigenvalue weighted by atomic mass is 32.2. The van der Waals surface area contributed by atoms with E-state index in [-0.39, 0.29) is 0 Å². The van der Waals surface area contributed by atoms with Crippen molar-refractivity contribution >= 4 is 23.7 Å².